The van der Waals surface area contributed by atoms with E-state index in [2.05, 4.69) is 34.2 Å². The standard InChI is InChI=1S/C15H25N5O2/c1-10-8-20(9-11(2)22-10)13-4-6-19(7-5-13)15(21)14-12(3)16-18-17-14/h10-11,13H,4-9H2,1-3H3,(H,16,17,18)/t10-,11+. The van der Waals surface area contributed by atoms with Crippen molar-refractivity contribution >= 4 is 5.91 Å². The van der Waals surface area contributed by atoms with Gasteiger partial charge in [0.1, 0.15) is 0 Å². The van der Waals surface area contributed by atoms with Crippen LogP contribution in [-0.2, 0) is 4.74 Å². The maximum absolute atomic E-state index is 12.4. The monoisotopic (exact) mass is 307 g/mol. The number of carbonyl (C=O) groups excluding carboxylic acids is 1. The van der Waals surface area contributed by atoms with Gasteiger partial charge < -0.3 is 9.64 Å². The van der Waals surface area contributed by atoms with E-state index in [4.69, 9.17) is 4.74 Å². The minimum atomic E-state index is -0.00610. The molecule has 3 rings (SSSR count). The van der Waals surface area contributed by atoms with Crippen molar-refractivity contribution in [1.29, 1.82) is 0 Å². The molecule has 2 fully saturated rings. The molecule has 1 aromatic heterocycles. The highest BCUT2D eigenvalue weighted by Crippen LogP contribution is 2.22. The van der Waals surface area contributed by atoms with Gasteiger partial charge in [0.25, 0.3) is 5.91 Å². The lowest BCUT2D eigenvalue weighted by Crippen LogP contribution is -2.53. The van der Waals surface area contributed by atoms with Gasteiger partial charge in [-0.15, -0.1) is 0 Å². The molecule has 2 atom stereocenters. The van der Waals surface area contributed by atoms with E-state index in [1.165, 1.54) is 0 Å². The summed E-state index contributed by atoms with van der Waals surface area (Å²) >= 11 is 0. The first kappa shape index (κ1) is 15.4. The molecule has 22 heavy (non-hydrogen) atoms. The third-order valence-electron chi connectivity index (χ3n) is 4.64. The second-order valence-electron chi connectivity index (χ2n) is 6.49. The van der Waals surface area contributed by atoms with Gasteiger partial charge in [0, 0.05) is 32.2 Å². The molecule has 3 heterocycles. The maximum Gasteiger partial charge on any atom is 0.276 e. The van der Waals surface area contributed by atoms with Crippen LogP contribution in [0, 0.1) is 6.92 Å². The summed E-state index contributed by atoms with van der Waals surface area (Å²) in [6.45, 7) is 9.63. The number of amides is 1. The van der Waals surface area contributed by atoms with E-state index in [9.17, 15) is 4.79 Å². The number of aromatic nitrogens is 3. The molecule has 7 heteroatoms. The highest BCUT2D eigenvalue weighted by molar-refractivity contribution is 5.93. The molecule has 0 saturated carbocycles. The third-order valence-corrected chi connectivity index (χ3v) is 4.64. The highest BCUT2D eigenvalue weighted by Gasteiger charge is 2.32. The van der Waals surface area contributed by atoms with Gasteiger partial charge in [-0.2, -0.15) is 15.4 Å². The molecular formula is C15H25N5O2. The number of piperidine rings is 1. The van der Waals surface area contributed by atoms with Crippen molar-refractivity contribution in [1.82, 2.24) is 25.2 Å². The molecule has 0 aliphatic carbocycles. The van der Waals surface area contributed by atoms with Crippen molar-refractivity contribution in [2.75, 3.05) is 26.2 Å². The minimum absolute atomic E-state index is 0.00610. The predicted octanol–water partition coefficient (Wildman–Crippen LogP) is 0.827. The fraction of sp³-hybridized carbons (Fsp3) is 0.800. The number of carbonyl (C=O) groups is 1. The van der Waals surface area contributed by atoms with Crippen LogP contribution >= 0.6 is 0 Å². The van der Waals surface area contributed by atoms with Crippen molar-refractivity contribution in [3.63, 3.8) is 0 Å². The summed E-state index contributed by atoms with van der Waals surface area (Å²) in [4.78, 5) is 16.9. The number of ether oxygens (including phenoxy) is 1. The molecular weight excluding hydrogens is 282 g/mol. The first-order valence-electron chi connectivity index (χ1n) is 8.10. The van der Waals surface area contributed by atoms with Crippen LogP contribution in [0.4, 0.5) is 0 Å². The Hall–Kier alpha value is -1.47. The van der Waals surface area contributed by atoms with Gasteiger partial charge in [0.05, 0.1) is 17.9 Å². The molecule has 1 N–H and O–H groups in total. The van der Waals surface area contributed by atoms with Gasteiger partial charge in [-0.25, -0.2) is 0 Å². The Morgan fingerprint density at radius 2 is 1.82 bits per heavy atom. The van der Waals surface area contributed by atoms with Crippen molar-refractivity contribution in [2.45, 2.75) is 51.9 Å². The molecule has 2 aliphatic rings. The molecule has 2 saturated heterocycles. The normalized spacial score (nSPS) is 28.0. The van der Waals surface area contributed by atoms with E-state index in [1.54, 1.807) is 6.92 Å². The zero-order chi connectivity index (χ0) is 15.7. The SMILES string of the molecule is Cc1n[nH]nc1C(=O)N1CCC(N2C[C@@H](C)O[C@@H](C)C2)CC1. The molecule has 122 valence electrons. The number of H-pyrrole nitrogens is 1. The Morgan fingerprint density at radius 1 is 1.18 bits per heavy atom. The van der Waals surface area contributed by atoms with Crippen LogP contribution in [0.25, 0.3) is 0 Å². The van der Waals surface area contributed by atoms with E-state index in [1.807, 2.05) is 4.90 Å². The summed E-state index contributed by atoms with van der Waals surface area (Å²) < 4.78 is 5.80. The second kappa shape index (κ2) is 6.34. The molecule has 0 spiro atoms. The molecule has 0 radical (unpaired) electrons. The number of hydrogen-bond donors (Lipinski definition) is 1. The average molecular weight is 307 g/mol. The fourth-order valence-electron chi connectivity index (χ4n) is 3.59. The van der Waals surface area contributed by atoms with E-state index < -0.39 is 0 Å². The zero-order valence-electron chi connectivity index (χ0n) is 13.6. The van der Waals surface area contributed by atoms with Crippen LogP contribution in [0.15, 0.2) is 0 Å². The van der Waals surface area contributed by atoms with Crippen LogP contribution in [0.5, 0.6) is 0 Å². The molecule has 0 unspecified atom stereocenters. The Balaban J connectivity index is 1.56. The number of aromatic amines is 1. The lowest BCUT2D eigenvalue weighted by Gasteiger charge is -2.43. The largest absolute Gasteiger partial charge is 0.373 e. The molecule has 1 aromatic rings. The van der Waals surface area contributed by atoms with Gasteiger partial charge in [-0.05, 0) is 33.6 Å². The van der Waals surface area contributed by atoms with E-state index in [0.29, 0.717) is 29.6 Å². The number of aryl methyl sites for hydroxylation is 1. The van der Waals surface area contributed by atoms with Gasteiger partial charge in [0.2, 0.25) is 0 Å². The van der Waals surface area contributed by atoms with Crippen LogP contribution < -0.4 is 0 Å². The molecule has 0 bridgehead atoms. The number of likely N-dealkylation sites (tertiary alicyclic amines) is 1. The van der Waals surface area contributed by atoms with E-state index in [-0.39, 0.29) is 5.91 Å². The number of morpholine rings is 1. The first-order valence-corrected chi connectivity index (χ1v) is 8.10. The summed E-state index contributed by atoms with van der Waals surface area (Å²) in [6, 6.07) is 0.552. The smallest absolute Gasteiger partial charge is 0.276 e. The predicted molar refractivity (Wildman–Crippen MR) is 81.6 cm³/mol. The lowest BCUT2D eigenvalue weighted by molar-refractivity contribution is -0.0856. The third kappa shape index (κ3) is 3.15. The Morgan fingerprint density at radius 3 is 2.36 bits per heavy atom. The van der Waals surface area contributed by atoms with Gasteiger partial charge in [-0.3, -0.25) is 9.69 Å². The van der Waals surface area contributed by atoms with Gasteiger partial charge in [-0.1, -0.05) is 0 Å². The van der Waals surface area contributed by atoms with Crippen LogP contribution in [-0.4, -0.2) is 75.5 Å². The molecule has 7 nitrogen and oxygen atoms in total. The number of nitrogens with zero attached hydrogens (tertiary/aromatic N) is 4. The van der Waals surface area contributed by atoms with Crippen molar-refractivity contribution in [2.24, 2.45) is 0 Å². The molecule has 2 aliphatic heterocycles. The van der Waals surface area contributed by atoms with Crippen molar-refractivity contribution < 1.29 is 9.53 Å². The van der Waals surface area contributed by atoms with Crippen LogP contribution in [0.1, 0.15) is 42.9 Å². The average Bonchev–Trinajstić information content (AvgIpc) is 2.92. The summed E-state index contributed by atoms with van der Waals surface area (Å²) in [7, 11) is 0. The lowest BCUT2D eigenvalue weighted by atomic mass is 10.0. The van der Waals surface area contributed by atoms with Gasteiger partial charge >= 0.3 is 0 Å². The maximum atomic E-state index is 12.4. The Kier molecular flexibility index (Phi) is 4.44. The molecule has 1 amide bonds. The zero-order valence-corrected chi connectivity index (χ0v) is 13.6. The van der Waals surface area contributed by atoms with E-state index in [0.717, 1.165) is 39.0 Å². The van der Waals surface area contributed by atoms with Crippen LogP contribution in [0.2, 0.25) is 0 Å². The fourth-order valence-corrected chi connectivity index (χ4v) is 3.59. The summed E-state index contributed by atoms with van der Waals surface area (Å²) in [5, 5.41) is 10.4. The number of hydrogen-bond acceptors (Lipinski definition) is 5. The Labute approximate surface area is 131 Å². The first-order chi connectivity index (χ1) is 10.5. The summed E-state index contributed by atoms with van der Waals surface area (Å²) in [5.41, 5.74) is 1.12. The summed E-state index contributed by atoms with van der Waals surface area (Å²) in [6.07, 6.45) is 2.62. The van der Waals surface area contributed by atoms with Gasteiger partial charge in [0.15, 0.2) is 5.69 Å². The van der Waals surface area contributed by atoms with Crippen molar-refractivity contribution in [3.8, 4) is 0 Å². The second-order valence-corrected chi connectivity index (χ2v) is 6.49. The van der Waals surface area contributed by atoms with Crippen LogP contribution in [0.3, 0.4) is 0 Å². The Bertz CT molecular complexity index is 514. The topological polar surface area (TPSA) is 74.4 Å². The van der Waals surface area contributed by atoms with Crippen molar-refractivity contribution in [3.05, 3.63) is 11.4 Å². The molecule has 0 aromatic carbocycles. The highest BCUT2D eigenvalue weighted by atomic mass is 16.5. The minimum Gasteiger partial charge on any atom is -0.373 e. The van der Waals surface area contributed by atoms with E-state index >= 15 is 0 Å². The number of nitrogens with one attached hydrogen (secondary N) is 1. The quantitative estimate of drug-likeness (QED) is 0.876. The number of rotatable bonds is 2. The summed E-state index contributed by atoms with van der Waals surface area (Å²) in [5.74, 6) is -0.00610.